The van der Waals surface area contributed by atoms with Crippen LogP contribution in [0.4, 0.5) is 17.5 Å². The van der Waals surface area contributed by atoms with Crippen molar-refractivity contribution < 1.29 is 9.53 Å². The van der Waals surface area contributed by atoms with Crippen molar-refractivity contribution in [2.45, 2.75) is 52.7 Å². The van der Waals surface area contributed by atoms with Crippen LogP contribution >= 0.6 is 0 Å². The third-order valence-electron chi connectivity index (χ3n) is 3.95. The SMILES string of the molecule is CC(C)(C)Nc1ncc(N)c(NCN2CCNCC2)n1.CC(C)(C)OC=O.c1ccncc1. The second kappa shape index (κ2) is 14.2. The molecular formula is C23H40N8O2. The van der Waals surface area contributed by atoms with Crippen LogP contribution in [0, 0.1) is 0 Å². The Morgan fingerprint density at radius 2 is 1.76 bits per heavy atom. The Labute approximate surface area is 197 Å². The van der Waals surface area contributed by atoms with Gasteiger partial charge in [-0.1, -0.05) is 6.07 Å². The highest BCUT2D eigenvalue weighted by Crippen LogP contribution is 2.18. The van der Waals surface area contributed by atoms with E-state index < -0.39 is 0 Å². The third kappa shape index (κ3) is 14.7. The summed E-state index contributed by atoms with van der Waals surface area (Å²) in [4.78, 5) is 24.4. The van der Waals surface area contributed by atoms with Crippen LogP contribution in [-0.4, -0.2) is 70.3 Å². The van der Waals surface area contributed by atoms with Crippen molar-refractivity contribution in [3.8, 4) is 0 Å². The molecule has 0 radical (unpaired) electrons. The largest absolute Gasteiger partial charge is 0.462 e. The van der Waals surface area contributed by atoms with Crippen LogP contribution in [0.2, 0.25) is 0 Å². The Bertz CT molecular complexity index is 759. The summed E-state index contributed by atoms with van der Waals surface area (Å²) in [5, 5.41) is 9.87. The molecule has 1 aliphatic heterocycles. The van der Waals surface area contributed by atoms with Crippen LogP contribution < -0.4 is 21.7 Å². The number of nitrogens with zero attached hydrogens (tertiary/aromatic N) is 4. The highest BCUT2D eigenvalue weighted by Gasteiger charge is 2.14. The minimum Gasteiger partial charge on any atom is -0.462 e. The first-order valence-corrected chi connectivity index (χ1v) is 11.0. The van der Waals surface area contributed by atoms with Gasteiger partial charge in [0.2, 0.25) is 5.95 Å². The van der Waals surface area contributed by atoms with Crippen LogP contribution in [0.25, 0.3) is 0 Å². The van der Waals surface area contributed by atoms with E-state index in [0.717, 1.165) is 32.8 Å². The molecule has 1 aliphatic rings. The van der Waals surface area contributed by atoms with E-state index in [-0.39, 0.29) is 11.1 Å². The van der Waals surface area contributed by atoms with Crippen molar-refractivity contribution in [1.82, 2.24) is 25.2 Å². The lowest BCUT2D eigenvalue weighted by Crippen LogP contribution is -2.45. The van der Waals surface area contributed by atoms with Gasteiger partial charge in [-0.05, 0) is 53.7 Å². The van der Waals surface area contributed by atoms with E-state index in [1.54, 1.807) is 18.6 Å². The molecule has 10 heteroatoms. The normalized spacial score (nSPS) is 14.0. The van der Waals surface area contributed by atoms with Crippen LogP contribution in [0.1, 0.15) is 41.5 Å². The highest BCUT2D eigenvalue weighted by atomic mass is 16.5. The zero-order valence-electron chi connectivity index (χ0n) is 20.8. The Morgan fingerprint density at radius 3 is 2.18 bits per heavy atom. The Morgan fingerprint density at radius 1 is 1.12 bits per heavy atom. The average Bonchev–Trinajstić information content (AvgIpc) is 2.75. The summed E-state index contributed by atoms with van der Waals surface area (Å²) < 4.78 is 4.55. The number of nitrogens with one attached hydrogen (secondary N) is 3. The molecule has 5 N–H and O–H groups in total. The van der Waals surface area contributed by atoms with Crippen molar-refractivity contribution in [2.75, 3.05) is 49.2 Å². The monoisotopic (exact) mass is 460 g/mol. The number of aromatic nitrogens is 3. The fourth-order valence-corrected chi connectivity index (χ4v) is 2.44. The second-order valence-corrected chi connectivity index (χ2v) is 9.43. The van der Waals surface area contributed by atoms with Gasteiger partial charge in [0, 0.05) is 44.1 Å². The Balaban J connectivity index is 0.000000341. The molecule has 0 unspecified atom stereocenters. The number of rotatable bonds is 5. The second-order valence-electron chi connectivity index (χ2n) is 9.43. The van der Waals surface area contributed by atoms with Gasteiger partial charge >= 0.3 is 0 Å². The first kappa shape index (κ1) is 28.1. The minimum absolute atomic E-state index is 0.0775. The summed E-state index contributed by atoms with van der Waals surface area (Å²) in [6.07, 6.45) is 5.14. The summed E-state index contributed by atoms with van der Waals surface area (Å²) in [5.74, 6) is 1.28. The van der Waals surface area contributed by atoms with Crippen LogP contribution in [0.15, 0.2) is 36.8 Å². The molecule has 0 saturated carbocycles. The zero-order valence-corrected chi connectivity index (χ0v) is 20.8. The number of hydrogen-bond donors (Lipinski definition) is 4. The molecule has 2 aromatic heterocycles. The van der Waals surface area contributed by atoms with E-state index >= 15 is 0 Å². The number of hydrogen-bond acceptors (Lipinski definition) is 10. The zero-order chi connectivity index (χ0) is 24.7. The predicted octanol–water partition coefficient (Wildman–Crippen LogP) is 2.58. The molecular weight excluding hydrogens is 420 g/mol. The molecule has 3 heterocycles. The van der Waals surface area contributed by atoms with E-state index in [1.165, 1.54) is 0 Å². The molecule has 3 rings (SSSR count). The maximum absolute atomic E-state index is 9.60. The highest BCUT2D eigenvalue weighted by molar-refractivity contribution is 5.61. The maximum Gasteiger partial charge on any atom is 0.293 e. The summed E-state index contributed by atoms with van der Waals surface area (Å²) in [6.45, 7) is 17.0. The Kier molecular flexibility index (Phi) is 12.1. The fraction of sp³-hybridized carbons (Fsp3) is 0.565. The van der Waals surface area contributed by atoms with E-state index in [2.05, 4.69) is 61.3 Å². The summed E-state index contributed by atoms with van der Waals surface area (Å²) in [6, 6.07) is 5.72. The fourth-order valence-electron chi connectivity index (χ4n) is 2.44. The number of ether oxygens (including phenoxy) is 1. The van der Waals surface area contributed by atoms with Gasteiger partial charge in [-0.15, -0.1) is 0 Å². The molecule has 0 aliphatic carbocycles. The summed E-state index contributed by atoms with van der Waals surface area (Å²) in [5.41, 5.74) is 6.10. The number of pyridine rings is 1. The number of nitrogens with two attached hydrogens (primary N) is 1. The number of carbonyl (C=O) groups is 1. The first-order valence-electron chi connectivity index (χ1n) is 11.0. The molecule has 33 heavy (non-hydrogen) atoms. The topological polar surface area (TPSA) is 130 Å². The molecule has 0 amide bonds. The Hall–Kier alpha value is -2.98. The van der Waals surface area contributed by atoms with Gasteiger partial charge in [0.1, 0.15) is 5.60 Å². The van der Waals surface area contributed by atoms with Crippen LogP contribution in [0.5, 0.6) is 0 Å². The van der Waals surface area contributed by atoms with E-state index in [0.29, 0.717) is 23.9 Å². The summed E-state index contributed by atoms with van der Waals surface area (Å²) >= 11 is 0. The van der Waals surface area contributed by atoms with Crippen molar-refractivity contribution in [2.24, 2.45) is 0 Å². The number of carbonyl (C=O) groups excluding carboxylic acids is 1. The minimum atomic E-state index is -0.318. The number of nitrogen functional groups attached to an aromatic ring is 1. The molecule has 2 aromatic rings. The van der Waals surface area contributed by atoms with Crippen LogP contribution in [0.3, 0.4) is 0 Å². The molecule has 0 bridgehead atoms. The van der Waals surface area contributed by atoms with Gasteiger partial charge in [-0.25, -0.2) is 4.98 Å². The first-order chi connectivity index (χ1) is 15.5. The molecule has 0 atom stereocenters. The predicted molar refractivity (Wildman–Crippen MR) is 134 cm³/mol. The molecule has 1 fully saturated rings. The van der Waals surface area contributed by atoms with Gasteiger partial charge in [0.25, 0.3) is 6.47 Å². The molecule has 0 aromatic carbocycles. The lowest BCUT2D eigenvalue weighted by atomic mass is 10.1. The number of anilines is 3. The van der Waals surface area contributed by atoms with Gasteiger partial charge in [0.15, 0.2) is 5.82 Å². The molecule has 10 nitrogen and oxygen atoms in total. The smallest absolute Gasteiger partial charge is 0.293 e. The number of piperazine rings is 1. The van der Waals surface area contributed by atoms with Crippen molar-refractivity contribution in [1.29, 1.82) is 0 Å². The lowest BCUT2D eigenvalue weighted by molar-refractivity contribution is -0.138. The van der Waals surface area contributed by atoms with Gasteiger partial charge < -0.3 is 26.4 Å². The van der Waals surface area contributed by atoms with Crippen LogP contribution in [-0.2, 0) is 9.53 Å². The van der Waals surface area contributed by atoms with Gasteiger partial charge in [-0.2, -0.15) is 4.98 Å². The van der Waals surface area contributed by atoms with E-state index in [9.17, 15) is 4.79 Å². The van der Waals surface area contributed by atoms with Crippen molar-refractivity contribution in [3.63, 3.8) is 0 Å². The summed E-state index contributed by atoms with van der Waals surface area (Å²) in [7, 11) is 0. The molecule has 1 saturated heterocycles. The van der Waals surface area contributed by atoms with E-state index in [4.69, 9.17) is 5.73 Å². The molecule has 184 valence electrons. The van der Waals surface area contributed by atoms with Gasteiger partial charge in [0.05, 0.1) is 18.6 Å². The van der Waals surface area contributed by atoms with Crippen molar-refractivity contribution in [3.05, 3.63) is 36.8 Å². The quantitative estimate of drug-likeness (QED) is 0.494. The van der Waals surface area contributed by atoms with Gasteiger partial charge in [-0.3, -0.25) is 14.7 Å². The lowest BCUT2D eigenvalue weighted by Gasteiger charge is -2.27. The third-order valence-corrected chi connectivity index (χ3v) is 3.95. The van der Waals surface area contributed by atoms with E-state index in [1.807, 2.05) is 39.0 Å². The van der Waals surface area contributed by atoms with Crippen molar-refractivity contribution >= 4 is 23.9 Å². The molecule has 0 spiro atoms. The average molecular weight is 461 g/mol. The standard InChI is InChI=1S/C13H25N7.C5H5N.C5H10O2/c1-13(2,3)19-12-16-8-10(14)11(18-12)17-9-20-6-4-15-5-7-20;1-2-4-6-5-3-1;1-5(2,3)7-4-6/h8,15H,4-7,9,14H2,1-3H3,(H2,16,17,18,19);1-5H;4H,1-3H3. The maximum atomic E-state index is 9.60.